The van der Waals surface area contributed by atoms with Gasteiger partial charge in [0.25, 0.3) is 0 Å². The first kappa shape index (κ1) is 24.0. The van der Waals surface area contributed by atoms with Crippen molar-refractivity contribution in [3.05, 3.63) is 75.9 Å². The first-order chi connectivity index (χ1) is 16.5. The highest BCUT2D eigenvalue weighted by Crippen LogP contribution is 2.39. The molecule has 0 aliphatic rings. The molecule has 1 nitrogen and oxygen atoms in total. The molecule has 0 N–H and O–H groups in total. The van der Waals surface area contributed by atoms with Crippen molar-refractivity contribution >= 4 is 55.1 Å². The topological polar surface area (TPSA) is 12.4 Å². The van der Waals surface area contributed by atoms with Crippen molar-refractivity contribution in [1.29, 1.82) is 0 Å². The van der Waals surface area contributed by atoms with Crippen LogP contribution in [-0.4, -0.2) is 5.16 Å². The molecule has 168 valence electrons. The lowest BCUT2D eigenvalue weighted by molar-refractivity contribution is 0.588. The summed E-state index contributed by atoms with van der Waals surface area (Å²) < 4.78 is 44.5. The van der Waals surface area contributed by atoms with Gasteiger partial charge in [-0.05, 0) is 66.7 Å². The van der Waals surface area contributed by atoms with Crippen molar-refractivity contribution in [2.24, 2.45) is 4.99 Å². The molecule has 0 amide bonds. The van der Waals surface area contributed by atoms with Crippen LogP contribution in [0.4, 0.5) is 18.9 Å². The third kappa shape index (κ3) is 5.47. The summed E-state index contributed by atoms with van der Waals surface area (Å²) in [5, 5.41) is 1.98. The third-order valence-electron chi connectivity index (χ3n) is 4.84. The van der Waals surface area contributed by atoms with Crippen LogP contribution in [0.1, 0.15) is 42.2 Å². The van der Waals surface area contributed by atoms with Gasteiger partial charge in [-0.1, -0.05) is 37.0 Å². The molecule has 0 bridgehead atoms. The molecule has 2 aromatic heterocycles. The number of hydrogen-bond donors (Lipinski definition) is 0. The Hall–Kier alpha value is -3.19. The van der Waals surface area contributed by atoms with Crippen LogP contribution in [0.3, 0.4) is 0 Å². The van der Waals surface area contributed by atoms with Crippen LogP contribution in [0.25, 0.3) is 19.8 Å². The van der Waals surface area contributed by atoms with Crippen LogP contribution in [0.5, 0.6) is 0 Å². The molecule has 7 heteroatoms. The van der Waals surface area contributed by atoms with E-state index in [2.05, 4.69) is 47.8 Å². The molecule has 0 aliphatic carbocycles. The number of aliphatic imine (C=N–C) groups is 1. The Morgan fingerprint density at radius 1 is 0.882 bits per heavy atom. The van der Waals surface area contributed by atoms with Crippen LogP contribution in [0.15, 0.2) is 47.5 Å². The second-order valence-corrected chi connectivity index (χ2v) is 9.64. The monoisotopic (exact) mass is 507 g/mol. The molecule has 2 aromatic carbocycles. The highest BCUT2D eigenvalue weighted by molar-refractivity contribution is 7.78. The Labute approximate surface area is 209 Å². The maximum absolute atomic E-state index is 14.3. The fraction of sp³-hybridized carbons (Fsp3) is 0.148. The molecule has 4 rings (SSSR count). The smallest absolute Gasteiger partial charge is 0.153 e. The van der Waals surface area contributed by atoms with E-state index < -0.39 is 17.3 Å². The van der Waals surface area contributed by atoms with E-state index in [-0.39, 0.29) is 5.82 Å². The third-order valence-corrected chi connectivity index (χ3v) is 7.19. The molecule has 0 spiro atoms. The largest absolute Gasteiger partial charge is 0.206 e. The van der Waals surface area contributed by atoms with Gasteiger partial charge in [0.15, 0.2) is 11.6 Å². The van der Waals surface area contributed by atoms with Crippen molar-refractivity contribution in [1.82, 2.24) is 0 Å². The number of halogens is 3. The van der Waals surface area contributed by atoms with Crippen LogP contribution in [0.2, 0.25) is 0 Å². The lowest BCUT2D eigenvalue weighted by Crippen LogP contribution is -1.85. The second-order valence-electron chi connectivity index (χ2n) is 7.29. The normalized spacial score (nSPS) is 10.2. The van der Waals surface area contributed by atoms with Crippen molar-refractivity contribution in [2.75, 3.05) is 0 Å². The van der Waals surface area contributed by atoms with E-state index in [9.17, 15) is 13.2 Å². The fourth-order valence-corrected chi connectivity index (χ4v) is 5.48. The van der Waals surface area contributed by atoms with E-state index in [1.165, 1.54) is 40.9 Å². The minimum Gasteiger partial charge on any atom is -0.206 e. The van der Waals surface area contributed by atoms with Crippen LogP contribution >= 0.6 is 34.9 Å². The number of nitrogens with zero attached hydrogens (tertiary/aromatic N) is 1. The second kappa shape index (κ2) is 10.8. The van der Waals surface area contributed by atoms with Crippen LogP contribution in [0, 0.1) is 41.1 Å². The fourth-order valence-electron chi connectivity index (χ4n) is 3.15. The van der Waals surface area contributed by atoms with Crippen LogP contribution < -0.4 is 0 Å². The van der Waals surface area contributed by atoms with Crippen molar-refractivity contribution in [2.45, 2.75) is 26.2 Å². The SMILES string of the molecule is CCCCC#Cc1ccc(C#Cc2cc3sc(-c4cc(F)c(N=C=S)c(F)c4)cc3s2)cc1F. The van der Waals surface area contributed by atoms with Crippen molar-refractivity contribution < 1.29 is 13.2 Å². The maximum atomic E-state index is 14.3. The summed E-state index contributed by atoms with van der Waals surface area (Å²) in [4.78, 5) is 4.99. The quantitative estimate of drug-likeness (QED) is 0.116. The summed E-state index contributed by atoms with van der Waals surface area (Å²) in [7, 11) is 0. The van der Waals surface area contributed by atoms with Gasteiger partial charge in [0.1, 0.15) is 11.5 Å². The first-order valence-electron chi connectivity index (χ1n) is 10.4. The summed E-state index contributed by atoms with van der Waals surface area (Å²) in [6.45, 7) is 2.09. The molecule has 0 saturated heterocycles. The van der Waals surface area contributed by atoms with Crippen LogP contribution in [-0.2, 0) is 0 Å². The number of fused-ring (bicyclic) bond motifs is 1. The maximum Gasteiger partial charge on any atom is 0.153 e. The zero-order chi connectivity index (χ0) is 24.1. The molecule has 0 fully saturated rings. The zero-order valence-electron chi connectivity index (χ0n) is 18.0. The Bertz CT molecular complexity index is 1500. The highest BCUT2D eigenvalue weighted by Gasteiger charge is 2.14. The van der Waals surface area contributed by atoms with E-state index in [0.29, 0.717) is 16.7 Å². The number of thiophene rings is 2. The van der Waals surface area contributed by atoms with Gasteiger partial charge >= 0.3 is 0 Å². The zero-order valence-corrected chi connectivity index (χ0v) is 20.4. The summed E-state index contributed by atoms with van der Waals surface area (Å²) in [5.41, 5.74) is 0.926. The molecule has 0 unspecified atom stereocenters. The molecule has 34 heavy (non-hydrogen) atoms. The van der Waals surface area contributed by atoms with Crippen molar-refractivity contribution in [3.63, 3.8) is 0 Å². The van der Waals surface area contributed by atoms with Gasteiger partial charge in [-0.25, -0.2) is 13.2 Å². The molecule has 2 heterocycles. The summed E-state index contributed by atoms with van der Waals surface area (Å²) in [5.74, 6) is 9.95. The summed E-state index contributed by atoms with van der Waals surface area (Å²) in [6, 6.07) is 11.1. The van der Waals surface area contributed by atoms with Gasteiger partial charge in [-0.2, -0.15) is 4.99 Å². The molecular weight excluding hydrogens is 491 g/mol. The van der Waals surface area contributed by atoms with Gasteiger partial charge < -0.3 is 0 Å². The first-order valence-corrected chi connectivity index (χ1v) is 12.4. The molecular formula is C27H16F3NS3. The number of benzene rings is 2. The standard InChI is InChI=1S/C27H16F3NS3/c1-2-3-4-5-6-18-9-7-17(11-21(18)28)8-10-20-14-25-26(33-20)15-24(34-25)19-12-22(29)27(31-16-32)23(30)13-19/h7,9,11-15H,2-4H2,1H3. The predicted octanol–water partition coefficient (Wildman–Crippen LogP) is 8.72. The minimum atomic E-state index is -0.791. The summed E-state index contributed by atoms with van der Waals surface area (Å²) >= 11 is 7.31. The van der Waals surface area contributed by atoms with Gasteiger partial charge in [-0.15, -0.1) is 22.7 Å². The number of thiocarbonyl (C=S) groups is 1. The Balaban J connectivity index is 1.54. The van der Waals surface area contributed by atoms with E-state index >= 15 is 0 Å². The number of unbranched alkanes of at least 4 members (excludes halogenated alkanes) is 2. The molecule has 0 aliphatic heterocycles. The number of isothiocyanates is 1. The molecule has 0 atom stereocenters. The average molecular weight is 508 g/mol. The Kier molecular flexibility index (Phi) is 7.63. The van der Waals surface area contributed by atoms with E-state index in [1.54, 1.807) is 12.1 Å². The van der Waals surface area contributed by atoms with E-state index in [4.69, 9.17) is 0 Å². The lowest BCUT2D eigenvalue weighted by atomic mass is 10.1. The van der Waals surface area contributed by atoms with E-state index in [0.717, 1.165) is 38.4 Å². The Morgan fingerprint density at radius 3 is 2.32 bits per heavy atom. The predicted molar refractivity (Wildman–Crippen MR) is 139 cm³/mol. The lowest BCUT2D eigenvalue weighted by Gasteiger charge is -2.02. The van der Waals surface area contributed by atoms with Gasteiger partial charge in [0.05, 0.1) is 15.6 Å². The minimum absolute atomic E-state index is 0.376. The Morgan fingerprint density at radius 2 is 1.65 bits per heavy atom. The van der Waals surface area contributed by atoms with E-state index in [1.807, 2.05) is 17.3 Å². The van der Waals surface area contributed by atoms with Gasteiger partial charge in [-0.3, -0.25) is 0 Å². The highest BCUT2D eigenvalue weighted by atomic mass is 32.1. The molecule has 0 saturated carbocycles. The van der Waals surface area contributed by atoms with Gasteiger partial charge in [0.2, 0.25) is 0 Å². The van der Waals surface area contributed by atoms with Gasteiger partial charge in [0, 0.05) is 26.3 Å². The molecule has 4 aromatic rings. The average Bonchev–Trinajstić information content (AvgIpc) is 3.38. The molecule has 0 radical (unpaired) electrons. The number of rotatable bonds is 4. The van der Waals surface area contributed by atoms with Crippen molar-refractivity contribution in [3.8, 4) is 34.1 Å². The summed E-state index contributed by atoms with van der Waals surface area (Å²) in [6.07, 6.45) is 2.82. The number of hydrogen-bond acceptors (Lipinski definition) is 4.